The third-order valence-corrected chi connectivity index (χ3v) is 3.90. The molecule has 0 saturated carbocycles. The number of nitro benzene ring substituents is 1. The molecule has 0 saturated heterocycles. The van der Waals surface area contributed by atoms with Gasteiger partial charge < -0.3 is 5.73 Å². The summed E-state index contributed by atoms with van der Waals surface area (Å²) in [7, 11) is 0. The molecule has 130 valence electrons. The van der Waals surface area contributed by atoms with Gasteiger partial charge in [-0.25, -0.2) is 28.4 Å². The second kappa shape index (κ2) is 6.38. The molecule has 10 heteroatoms. The molecule has 0 bridgehead atoms. The normalized spacial score (nSPS) is 12.9. The van der Waals surface area contributed by atoms with Gasteiger partial charge in [0.2, 0.25) is 5.95 Å². The van der Waals surface area contributed by atoms with Gasteiger partial charge in [-0.15, -0.1) is 0 Å². The van der Waals surface area contributed by atoms with E-state index in [1.54, 1.807) is 0 Å². The van der Waals surface area contributed by atoms with Gasteiger partial charge in [-0.05, 0) is 25.3 Å². The first-order valence-corrected chi connectivity index (χ1v) is 7.41. The molecular weight excluding hydrogens is 336 g/mol. The third kappa shape index (κ3) is 2.97. The van der Waals surface area contributed by atoms with Gasteiger partial charge in [-0.3, -0.25) is 10.1 Å². The molecule has 1 aromatic heterocycles. The van der Waals surface area contributed by atoms with Crippen molar-refractivity contribution in [2.24, 2.45) is 5.73 Å². The highest BCUT2D eigenvalue weighted by Gasteiger charge is 2.30. The summed E-state index contributed by atoms with van der Waals surface area (Å²) in [5.74, 6) is -0.391. The van der Waals surface area contributed by atoms with Crippen molar-refractivity contribution < 1.29 is 18.5 Å². The number of benzene rings is 1. The van der Waals surface area contributed by atoms with Crippen LogP contribution in [-0.2, 0) is 12.8 Å². The molecule has 0 aliphatic heterocycles. The van der Waals surface area contributed by atoms with Crippen LogP contribution < -0.4 is 10.6 Å². The van der Waals surface area contributed by atoms with Crippen LogP contribution in [0.15, 0.2) is 24.3 Å². The molecule has 0 radical (unpaired) electrons. The Balaban J connectivity index is 2.20. The number of aromatic nitrogens is 2. The minimum atomic E-state index is -2.85. The van der Waals surface area contributed by atoms with Crippen LogP contribution in [0, 0.1) is 10.1 Å². The van der Waals surface area contributed by atoms with Gasteiger partial charge in [0.15, 0.2) is 0 Å². The van der Waals surface area contributed by atoms with Crippen LogP contribution >= 0.6 is 0 Å². The van der Waals surface area contributed by atoms with Crippen LogP contribution in [0.5, 0.6) is 0 Å². The Morgan fingerprint density at radius 2 is 2.00 bits per heavy atom. The summed E-state index contributed by atoms with van der Waals surface area (Å²) in [6.45, 7) is 0. The fourth-order valence-electron chi connectivity index (χ4n) is 2.86. The Hall–Kier alpha value is -3.17. The lowest BCUT2D eigenvalue weighted by atomic mass is 10.2. The summed E-state index contributed by atoms with van der Waals surface area (Å²) < 4.78 is 26.7. The van der Waals surface area contributed by atoms with Crippen molar-refractivity contribution in [2.75, 3.05) is 4.90 Å². The quantitative estimate of drug-likeness (QED) is 0.673. The molecule has 2 aromatic rings. The molecular formula is C15H13F2N5O3. The van der Waals surface area contributed by atoms with Crippen LogP contribution in [0.2, 0.25) is 0 Å². The van der Waals surface area contributed by atoms with E-state index in [4.69, 9.17) is 5.73 Å². The molecule has 8 nitrogen and oxygen atoms in total. The maximum absolute atomic E-state index is 13.3. The monoisotopic (exact) mass is 349 g/mol. The van der Waals surface area contributed by atoms with Gasteiger partial charge in [-0.1, -0.05) is 12.1 Å². The van der Waals surface area contributed by atoms with Gasteiger partial charge >= 0.3 is 6.03 Å². The van der Waals surface area contributed by atoms with E-state index in [1.165, 1.54) is 24.3 Å². The largest absolute Gasteiger partial charge is 0.351 e. The lowest BCUT2D eigenvalue weighted by Gasteiger charge is -2.20. The number of nitrogens with two attached hydrogens (primary N) is 1. The van der Waals surface area contributed by atoms with E-state index in [2.05, 4.69) is 9.97 Å². The Morgan fingerprint density at radius 3 is 2.64 bits per heavy atom. The summed E-state index contributed by atoms with van der Waals surface area (Å²) in [6, 6.07) is 4.22. The molecule has 0 atom stereocenters. The van der Waals surface area contributed by atoms with Crippen molar-refractivity contribution in [1.82, 2.24) is 9.97 Å². The summed E-state index contributed by atoms with van der Waals surface area (Å²) >= 11 is 0. The summed E-state index contributed by atoms with van der Waals surface area (Å²) in [5, 5.41) is 11.2. The second-order valence-electron chi connectivity index (χ2n) is 5.41. The molecule has 0 fully saturated rings. The number of hydrogen-bond donors (Lipinski definition) is 1. The topological polar surface area (TPSA) is 115 Å². The van der Waals surface area contributed by atoms with E-state index >= 15 is 0 Å². The highest BCUT2D eigenvalue weighted by molar-refractivity contribution is 5.98. The first kappa shape index (κ1) is 16.7. The predicted octanol–water partition coefficient (Wildman–Crippen LogP) is 3.03. The van der Waals surface area contributed by atoms with E-state index in [9.17, 15) is 23.7 Å². The molecule has 0 unspecified atom stereocenters. The van der Waals surface area contributed by atoms with Gasteiger partial charge in [0.25, 0.3) is 12.1 Å². The number of hydrogen-bond acceptors (Lipinski definition) is 5. The third-order valence-electron chi connectivity index (χ3n) is 3.90. The zero-order valence-electron chi connectivity index (χ0n) is 12.9. The van der Waals surface area contributed by atoms with Crippen molar-refractivity contribution >= 4 is 23.4 Å². The number of nitro groups is 1. The van der Waals surface area contributed by atoms with Crippen molar-refractivity contribution in [3.05, 3.63) is 51.3 Å². The number of amides is 2. The highest BCUT2D eigenvalue weighted by Crippen LogP contribution is 2.35. The Morgan fingerprint density at radius 1 is 1.28 bits per heavy atom. The fourth-order valence-corrected chi connectivity index (χ4v) is 2.86. The number of rotatable bonds is 4. The first-order valence-electron chi connectivity index (χ1n) is 7.41. The predicted molar refractivity (Wildman–Crippen MR) is 83.8 cm³/mol. The summed E-state index contributed by atoms with van der Waals surface area (Å²) in [6.07, 6.45) is -1.31. The Bertz CT molecular complexity index is 859. The number of anilines is 2. The number of para-hydroxylation sites is 2. The van der Waals surface area contributed by atoms with E-state index in [0.29, 0.717) is 35.4 Å². The number of aryl methyl sites for hydroxylation is 1. The molecule has 2 amide bonds. The van der Waals surface area contributed by atoms with Crippen molar-refractivity contribution in [3.63, 3.8) is 0 Å². The number of urea groups is 1. The average Bonchev–Trinajstić information content (AvgIpc) is 3.02. The number of halogens is 2. The fraction of sp³-hybridized carbons (Fsp3) is 0.267. The van der Waals surface area contributed by atoms with Gasteiger partial charge in [-0.2, -0.15) is 0 Å². The van der Waals surface area contributed by atoms with Crippen LogP contribution in [0.1, 0.15) is 29.8 Å². The second-order valence-corrected chi connectivity index (χ2v) is 5.41. The van der Waals surface area contributed by atoms with Gasteiger partial charge in [0.1, 0.15) is 11.4 Å². The van der Waals surface area contributed by atoms with Crippen molar-refractivity contribution in [2.45, 2.75) is 25.7 Å². The first-order chi connectivity index (χ1) is 11.9. The zero-order chi connectivity index (χ0) is 18.1. The number of carbonyl (C=O) groups is 1. The molecule has 1 aliphatic carbocycles. The van der Waals surface area contributed by atoms with Crippen molar-refractivity contribution in [1.29, 1.82) is 0 Å². The molecule has 3 rings (SSSR count). The Labute approximate surface area is 140 Å². The van der Waals surface area contributed by atoms with Crippen LogP contribution in [0.4, 0.5) is 30.9 Å². The Kier molecular flexibility index (Phi) is 4.26. The maximum atomic E-state index is 13.3. The maximum Gasteiger partial charge on any atom is 0.326 e. The summed E-state index contributed by atoms with van der Waals surface area (Å²) in [5.41, 5.74) is 5.05. The number of carbonyl (C=O) groups excluding carboxylic acids is 1. The molecule has 25 heavy (non-hydrogen) atoms. The van der Waals surface area contributed by atoms with Crippen LogP contribution in [0.3, 0.4) is 0 Å². The number of alkyl halides is 2. The minimum absolute atomic E-state index is 0.182. The van der Waals surface area contributed by atoms with E-state index < -0.39 is 34.7 Å². The molecule has 1 heterocycles. The molecule has 2 N–H and O–H groups in total. The standard InChI is InChI=1S/C15H13F2N5O3/c16-13(17)12-8-4-3-5-9(8)19-15(20-12)21(14(18)23)10-6-1-2-7-11(10)22(24)25/h1-2,6-7,13H,3-5H2,(H2,18,23). The van der Waals surface area contributed by atoms with Gasteiger partial charge in [0, 0.05) is 17.3 Å². The number of primary amides is 1. The van der Waals surface area contributed by atoms with Crippen molar-refractivity contribution in [3.8, 4) is 0 Å². The average molecular weight is 349 g/mol. The minimum Gasteiger partial charge on any atom is -0.351 e. The summed E-state index contributed by atoms with van der Waals surface area (Å²) in [4.78, 5) is 31.0. The van der Waals surface area contributed by atoms with E-state index in [-0.39, 0.29) is 5.69 Å². The highest BCUT2D eigenvalue weighted by atomic mass is 19.3. The van der Waals surface area contributed by atoms with E-state index in [1.807, 2.05) is 0 Å². The zero-order valence-corrected chi connectivity index (χ0v) is 12.9. The lowest BCUT2D eigenvalue weighted by molar-refractivity contribution is -0.384. The molecule has 1 aliphatic rings. The van der Waals surface area contributed by atoms with E-state index in [0.717, 1.165) is 0 Å². The van der Waals surface area contributed by atoms with Gasteiger partial charge in [0.05, 0.1) is 4.92 Å². The lowest BCUT2D eigenvalue weighted by Crippen LogP contribution is -2.34. The molecule has 1 aromatic carbocycles. The van der Waals surface area contributed by atoms with Crippen LogP contribution in [-0.4, -0.2) is 20.9 Å². The SMILES string of the molecule is NC(=O)N(c1nc2c(c(C(F)F)n1)CCC2)c1ccccc1[N+](=O)[O-]. The number of nitrogens with zero attached hydrogens (tertiary/aromatic N) is 4. The number of fused-ring (bicyclic) bond motifs is 1. The smallest absolute Gasteiger partial charge is 0.326 e. The molecule has 0 spiro atoms. The van der Waals surface area contributed by atoms with Crippen LogP contribution in [0.25, 0.3) is 0 Å².